The number of nitrogens with one attached hydrogen (secondary N) is 2. The zero-order valence-electron chi connectivity index (χ0n) is 9.09. The van der Waals surface area contributed by atoms with Gasteiger partial charge in [-0.15, -0.1) is 0 Å². The molecule has 0 aliphatic carbocycles. The molecule has 16 heavy (non-hydrogen) atoms. The van der Waals surface area contributed by atoms with Crippen LogP contribution in [0.1, 0.15) is 12.0 Å². The van der Waals surface area contributed by atoms with E-state index in [4.69, 9.17) is 0 Å². The van der Waals surface area contributed by atoms with E-state index in [1.165, 1.54) is 0 Å². The zero-order valence-corrected chi connectivity index (χ0v) is 10.7. The van der Waals surface area contributed by atoms with Gasteiger partial charge in [-0.25, -0.2) is 4.98 Å². The summed E-state index contributed by atoms with van der Waals surface area (Å²) in [5.41, 5.74) is 1.11. The molecular weight excluding hydrogens is 270 g/mol. The van der Waals surface area contributed by atoms with Crippen molar-refractivity contribution in [3.8, 4) is 0 Å². The quantitative estimate of drug-likeness (QED) is 0.885. The summed E-state index contributed by atoms with van der Waals surface area (Å²) in [6, 6.07) is 2.02. The normalized spacial score (nSPS) is 19.1. The van der Waals surface area contributed by atoms with Crippen LogP contribution < -0.4 is 10.6 Å². The van der Waals surface area contributed by atoms with Gasteiger partial charge < -0.3 is 10.6 Å². The van der Waals surface area contributed by atoms with Crippen molar-refractivity contribution < 1.29 is 4.79 Å². The molecule has 0 saturated heterocycles. The largest absolute Gasteiger partial charge is 0.320 e. The highest BCUT2D eigenvalue weighted by Gasteiger charge is 2.26. The highest BCUT2D eigenvalue weighted by Crippen LogP contribution is 2.27. The fourth-order valence-corrected chi connectivity index (χ4v) is 2.26. The maximum atomic E-state index is 11.8. The minimum atomic E-state index is 0.0519. The van der Waals surface area contributed by atoms with Crippen molar-refractivity contribution in [1.82, 2.24) is 10.3 Å². The van der Waals surface area contributed by atoms with E-state index in [-0.39, 0.29) is 11.8 Å². The van der Waals surface area contributed by atoms with Crippen molar-refractivity contribution in [1.29, 1.82) is 0 Å². The molecule has 5 heteroatoms. The predicted octanol–water partition coefficient (Wildman–Crippen LogP) is 1.56. The van der Waals surface area contributed by atoms with E-state index in [2.05, 4.69) is 31.5 Å². The topological polar surface area (TPSA) is 54.0 Å². The first-order valence-corrected chi connectivity index (χ1v) is 6.10. The second-order valence-corrected chi connectivity index (χ2v) is 4.86. The number of aromatic nitrogens is 1. The molecule has 0 spiro atoms. The van der Waals surface area contributed by atoms with Gasteiger partial charge in [-0.2, -0.15) is 0 Å². The minimum absolute atomic E-state index is 0.0519. The standard InChI is InChI=1S/C11H14BrN3O/c1-13-3-2-7-4-8-5-9(12)6-14-10(8)15-11(7)16/h5-7,13H,2-4H2,1H3,(H,14,15,16). The van der Waals surface area contributed by atoms with E-state index in [0.717, 1.165) is 29.4 Å². The number of carbonyl (C=O) groups is 1. The number of pyridine rings is 1. The first-order chi connectivity index (χ1) is 7.70. The summed E-state index contributed by atoms with van der Waals surface area (Å²) in [7, 11) is 1.90. The molecule has 1 amide bonds. The smallest absolute Gasteiger partial charge is 0.229 e. The van der Waals surface area contributed by atoms with Crippen LogP contribution in [0, 0.1) is 5.92 Å². The van der Waals surface area contributed by atoms with Crippen LogP contribution in [0.3, 0.4) is 0 Å². The fraction of sp³-hybridized carbons (Fsp3) is 0.455. The first-order valence-electron chi connectivity index (χ1n) is 5.30. The maximum Gasteiger partial charge on any atom is 0.229 e. The van der Waals surface area contributed by atoms with E-state index in [1.54, 1.807) is 6.20 Å². The molecule has 1 aliphatic rings. The molecule has 1 aliphatic heterocycles. The number of amides is 1. The summed E-state index contributed by atoms with van der Waals surface area (Å²) in [6.45, 7) is 0.856. The van der Waals surface area contributed by atoms with Gasteiger partial charge >= 0.3 is 0 Å². The third kappa shape index (κ3) is 2.41. The van der Waals surface area contributed by atoms with Crippen molar-refractivity contribution >= 4 is 27.7 Å². The fourth-order valence-electron chi connectivity index (χ4n) is 1.88. The van der Waals surface area contributed by atoms with Gasteiger partial charge in [0.2, 0.25) is 5.91 Å². The van der Waals surface area contributed by atoms with Gasteiger partial charge in [-0.3, -0.25) is 4.79 Å². The summed E-state index contributed by atoms with van der Waals surface area (Å²) in [6.07, 6.45) is 3.33. The van der Waals surface area contributed by atoms with E-state index >= 15 is 0 Å². The first kappa shape index (κ1) is 11.5. The summed E-state index contributed by atoms with van der Waals surface area (Å²) in [5, 5.41) is 5.91. The lowest BCUT2D eigenvalue weighted by Crippen LogP contribution is -2.32. The third-order valence-corrected chi connectivity index (χ3v) is 3.19. The molecule has 1 aromatic heterocycles. The van der Waals surface area contributed by atoms with Crippen LogP contribution in [0.5, 0.6) is 0 Å². The molecule has 0 radical (unpaired) electrons. The van der Waals surface area contributed by atoms with Crippen LogP contribution in [-0.2, 0) is 11.2 Å². The Hall–Kier alpha value is -0.940. The molecule has 1 unspecified atom stereocenters. The number of rotatable bonds is 3. The van der Waals surface area contributed by atoms with Crippen molar-refractivity contribution in [2.24, 2.45) is 5.92 Å². The van der Waals surface area contributed by atoms with Crippen molar-refractivity contribution in [2.45, 2.75) is 12.8 Å². The maximum absolute atomic E-state index is 11.8. The number of anilines is 1. The molecule has 0 fully saturated rings. The number of carbonyl (C=O) groups excluding carboxylic acids is 1. The van der Waals surface area contributed by atoms with Gasteiger partial charge in [-0.1, -0.05) is 0 Å². The van der Waals surface area contributed by atoms with Gasteiger partial charge in [0.1, 0.15) is 5.82 Å². The van der Waals surface area contributed by atoms with E-state index in [0.29, 0.717) is 5.82 Å². The van der Waals surface area contributed by atoms with E-state index < -0.39 is 0 Å². The average Bonchev–Trinajstić information content (AvgIpc) is 2.27. The average molecular weight is 284 g/mol. The predicted molar refractivity (Wildman–Crippen MR) is 66.3 cm³/mol. The van der Waals surface area contributed by atoms with Gasteiger partial charge in [0, 0.05) is 16.6 Å². The molecule has 0 aromatic carbocycles. The lowest BCUT2D eigenvalue weighted by molar-refractivity contribution is -0.120. The number of hydrogen-bond donors (Lipinski definition) is 2. The number of nitrogens with zero attached hydrogens (tertiary/aromatic N) is 1. The lowest BCUT2D eigenvalue weighted by Gasteiger charge is -2.23. The van der Waals surface area contributed by atoms with Crippen LogP contribution >= 0.6 is 15.9 Å². The molecule has 2 rings (SSSR count). The summed E-state index contributed by atoms with van der Waals surface area (Å²) in [5.74, 6) is 0.836. The van der Waals surface area contributed by atoms with E-state index in [1.807, 2.05) is 13.1 Å². The van der Waals surface area contributed by atoms with Gasteiger partial charge in [0.05, 0.1) is 0 Å². The Labute approximate surface area is 103 Å². The number of hydrogen-bond acceptors (Lipinski definition) is 3. The molecule has 2 heterocycles. The van der Waals surface area contributed by atoms with Gasteiger partial charge in [0.15, 0.2) is 0 Å². The summed E-state index contributed by atoms with van der Waals surface area (Å²) >= 11 is 3.39. The Kier molecular flexibility index (Phi) is 3.56. The molecule has 0 bridgehead atoms. The number of fused-ring (bicyclic) bond motifs is 1. The van der Waals surface area contributed by atoms with Crippen molar-refractivity contribution in [3.05, 3.63) is 22.3 Å². The molecule has 2 N–H and O–H groups in total. The molecule has 4 nitrogen and oxygen atoms in total. The van der Waals surface area contributed by atoms with Gasteiger partial charge in [-0.05, 0) is 54.0 Å². The molecular formula is C11H14BrN3O. The molecule has 1 atom stereocenters. The Morgan fingerprint density at radius 2 is 2.50 bits per heavy atom. The minimum Gasteiger partial charge on any atom is -0.320 e. The van der Waals surface area contributed by atoms with Crippen LogP contribution in [0.25, 0.3) is 0 Å². The van der Waals surface area contributed by atoms with Crippen LogP contribution in [0.15, 0.2) is 16.7 Å². The monoisotopic (exact) mass is 283 g/mol. The second kappa shape index (κ2) is 4.93. The van der Waals surface area contributed by atoms with Crippen molar-refractivity contribution in [3.63, 3.8) is 0 Å². The van der Waals surface area contributed by atoms with E-state index in [9.17, 15) is 4.79 Å². The van der Waals surface area contributed by atoms with Gasteiger partial charge in [0.25, 0.3) is 0 Å². The Balaban J connectivity index is 2.16. The molecule has 0 saturated carbocycles. The molecule has 86 valence electrons. The highest BCUT2D eigenvalue weighted by atomic mass is 79.9. The second-order valence-electron chi connectivity index (χ2n) is 3.94. The van der Waals surface area contributed by atoms with Crippen LogP contribution in [0.4, 0.5) is 5.82 Å². The zero-order chi connectivity index (χ0) is 11.5. The highest BCUT2D eigenvalue weighted by molar-refractivity contribution is 9.10. The Morgan fingerprint density at radius 3 is 3.25 bits per heavy atom. The lowest BCUT2D eigenvalue weighted by atomic mass is 9.92. The SMILES string of the molecule is CNCCC1Cc2cc(Br)cnc2NC1=O. The van der Waals surface area contributed by atoms with Crippen LogP contribution in [-0.4, -0.2) is 24.5 Å². The van der Waals surface area contributed by atoms with Crippen molar-refractivity contribution in [2.75, 3.05) is 18.9 Å². The third-order valence-electron chi connectivity index (χ3n) is 2.75. The Bertz CT molecular complexity index is 408. The van der Waals surface area contributed by atoms with Crippen LogP contribution in [0.2, 0.25) is 0 Å². The molecule has 1 aromatic rings. The number of halogens is 1. The summed E-state index contributed by atoms with van der Waals surface area (Å²) in [4.78, 5) is 15.9. The summed E-state index contributed by atoms with van der Waals surface area (Å²) < 4.78 is 0.953. The Morgan fingerprint density at radius 1 is 1.69 bits per heavy atom.